The average Bonchev–Trinajstić information content (AvgIpc) is 2.60. The van der Waals surface area contributed by atoms with E-state index < -0.39 is 10.0 Å². The quantitative estimate of drug-likeness (QED) is 0.795. The summed E-state index contributed by atoms with van der Waals surface area (Å²) in [5, 5.41) is 0. The van der Waals surface area contributed by atoms with Gasteiger partial charge in [-0.15, -0.1) is 11.3 Å². The molecule has 1 unspecified atom stereocenters. The number of alkyl halides is 1. The molecule has 1 aromatic rings. The minimum atomic E-state index is -3.44. The maximum absolute atomic E-state index is 11.9. The van der Waals surface area contributed by atoms with Crippen molar-refractivity contribution in [1.82, 2.24) is 4.72 Å². The fourth-order valence-electron chi connectivity index (χ4n) is 1.45. The molecule has 0 amide bonds. The van der Waals surface area contributed by atoms with E-state index in [9.17, 15) is 8.42 Å². The number of halogens is 2. The van der Waals surface area contributed by atoms with Crippen LogP contribution in [-0.4, -0.2) is 19.8 Å². The predicted octanol–water partition coefficient (Wildman–Crippen LogP) is 3.88. The zero-order valence-electron chi connectivity index (χ0n) is 10.5. The zero-order chi connectivity index (χ0) is 14.0. The second-order valence-corrected chi connectivity index (χ2v) is 10.3. The fraction of sp³-hybridized carbons (Fsp3) is 0.636. The highest BCUT2D eigenvalue weighted by Crippen LogP contribution is 2.27. The first-order chi connectivity index (χ1) is 8.10. The highest BCUT2D eigenvalue weighted by atomic mass is 79.9. The number of hydrogen-bond donors (Lipinski definition) is 1. The molecule has 0 fully saturated rings. The lowest BCUT2D eigenvalue weighted by molar-refractivity contribution is 0.373. The topological polar surface area (TPSA) is 46.2 Å². The Hall–Kier alpha value is 0.380. The third-order valence-electron chi connectivity index (χ3n) is 2.14. The molecule has 0 saturated carbocycles. The zero-order valence-corrected chi connectivity index (χ0v) is 14.5. The summed E-state index contributed by atoms with van der Waals surface area (Å²) in [6.45, 7) is 6.73. The van der Waals surface area contributed by atoms with Gasteiger partial charge in [-0.05, 0) is 24.0 Å². The van der Waals surface area contributed by atoms with Gasteiger partial charge in [0.2, 0.25) is 10.0 Å². The SMILES string of the molecule is CC(C)(C)CC(Br)CNS(=O)(=O)c1ccc(Cl)s1. The molecule has 0 aliphatic rings. The lowest BCUT2D eigenvalue weighted by atomic mass is 9.91. The van der Waals surface area contributed by atoms with Crippen molar-refractivity contribution in [3.05, 3.63) is 16.5 Å². The first-order valence-electron chi connectivity index (χ1n) is 5.49. The smallest absolute Gasteiger partial charge is 0.209 e. The van der Waals surface area contributed by atoms with Crippen LogP contribution in [0.4, 0.5) is 0 Å². The number of sulfonamides is 1. The van der Waals surface area contributed by atoms with Crippen LogP contribution in [0.15, 0.2) is 16.3 Å². The van der Waals surface area contributed by atoms with Gasteiger partial charge in [0.15, 0.2) is 0 Å². The molecular formula is C11H17BrClNO2S2. The van der Waals surface area contributed by atoms with Crippen molar-refractivity contribution in [3.63, 3.8) is 0 Å². The number of hydrogen-bond acceptors (Lipinski definition) is 3. The third kappa shape index (κ3) is 5.57. The van der Waals surface area contributed by atoms with E-state index in [1.807, 2.05) is 0 Å². The molecule has 0 aliphatic carbocycles. The van der Waals surface area contributed by atoms with Crippen molar-refractivity contribution in [3.8, 4) is 0 Å². The van der Waals surface area contributed by atoms with E-state index in [0.717, 1.165) is 17.8 Å². The summed E-state index contributed by atoms with van der Waals surface area (Å²) in [6, 6.07) is 3.10. The van der Waals surface area contributed by atoms with Gasteiger partial charge < -0.3 is 0 Å². The van der Waals surface area contributed by atoms with Gasteiger partial charge in [-0.25, -0.2) is 13.1 Å². The van der Waals surface area contributed by atoms with Crippen molar-refractivity contribution >= 4 is 48.9 Å². The van der Waals surface area contributed by atoms with Crippen LogP contribution in [0.3, 0.4) is 0 Å². The Morgan fingerprint density at radius 3 is 2.50 bits per heavy atom. The Kier molecular flexibility index (Phi) is 5.68. The van der Waals surface area contributed by atoms with Gasteiger partial charge in [-0.3, -0.25) is 0 Å². The Balaban J connectivity index is 2.58. The second-order valence-electron chi connectivity index (χ2n) is 5.27. The summed E-state index contributed by atoms with van der Waals surface area (Å²) in [4.78, 5) is 0.114. The minimum Gasteiger partial charge on any atom is -0.209 e. The number of thiophene rings is 1. The first-order valence-corrected chi connectivity index (χ1v) is 9.08. The molecule has 0 spiro atoms. The van der Waals surface area contributed by atoms with Gasteiger partial charge in [-0.2, -0.15) is 0 Å². The average molecular weight is 375 g/mol. The van der Waals surface area contributed by atoms with E-state index in [4.69, 9.17) is 11.6 Å². The lowest BCUT2D eigenvalue weighted by Gasteiger charge is -2.22. The molecule has 0 saturated heterocycles. The first kappa shape index (κ1) is 16.4. The molecular weight excluding hydrogens is 358 g/mol. The molecule has 0 bridgehead atoms. The lowest BCUT2D eigenvalue weighted by Crippen LogP contribution is -2.31. The van der Waals surface area contributed by atoms with E-state index in [1.54, 1.807) is 6.07 Å². The van der Waals surface area contributed by atoms with Crippen LogP contribution in [0.5, 0.6) is 0 Å². The molecule has 1 N–H and O–H groups in total. The predicted molar refractivity (Wildman–Crippen MR) is 81.3 cm³/mol. The van der Waals surface area contributed by atoms with Crippen LogP contribution in [0, 0.1) is 5.41 Å². The Morgan fingerprint density at radius 2 is 2.06 bits per heavy atom. The van der Waals surface area contributed by atoms with E-state index in [1.165, 1.54) is 6.07 Å². The Labute approximate surface area is 126 Å². The molecule has 7 heteroatoms. The van der Waals surface area contributed by atoms with Crippen LogP contribution in [0.25, 0.3) is 0 Å². The van der Waals surface area contributed by atoms with Crippen LogP contribution >= 0.6 is 38.9 Å². The largest absolute Gasteiger partial charge is 0.250 e. The molecule has 0 aliphatic heterocycles. The molecule has 0 radical (unpaired) electrons. The van der Waals surface area contributed by atoms with Crippen molar-refractivity contribution < 1.29 is 8.42 Å². The summed E-state index contributed by atoms with van der Waals surface area (Å²) in [6.07, 6.45) is 0.890. The summed E-state index contributed by atoms with van der Waals surface area (Å²) >= 11 is 10.3. The van der Waals surface area contributed by atoms with Gasteiger partial charge in [0.05, 0.1) is 4.34 Å². The molecule has 1 atom stereocenters. The van der Waals surface area contributed by atoms with Gasteiger partial charge in [0.25, 0.3) is 0 Å². The number of nitrogens with one attached hydrogen (secondary N) is 1. The van der Waals surface area contributed by atoms with Crippen molar-refractivity contribution in [2.75, 3.05) is 6.54 Å². The van der Waals surface area contributed by atoms with Crippen LogP contribution in [0.1, 0.15) is 27.2 Å². The Bertz CT molecular complexity index is 493. The van der Waals surface area contributed by atoms with Crippen LogP contribution < -0.4 is 4.72 Å². The fourth-order valence-corrected chi connectivity index (χ4v) is 5.41. The van der Waals surface area contributed by atoms with Gasteiger partial charge >= 0.3 is 0 Å². The third-order valence-corrected chi connectivity index (χ3v) is 5.94. The standard InChI is InChI=1S/C11H17BrClNO2S2/c1-11(2,3)6-8(12)7-14-18(15,16)10-5-4-9(13)17-10/h4-5,8,14H,6-7H2,1-3H3. The molecule has 18 heavy (non-hydrogen) atoms. The molecule has 1 rings (SSSR count). The highest BCUT2D eigenvalue weighted by Gasteiger charge is 2.21. The van der Waals surface area contributed by atoms with Crippen molar-refractivity contribution in [1.29, 1.82) is 0 Å². The van der Waals surface area contributed by atoms with Crippen LogP contribution in [0.2, 0.25) is 4.34 Å². The second kappa shape index (κ2) is 6.22. The van der Waals surface area contributed by atoms with E-state index in [0.29, 0.717) is 10.9 Å². The summed E-state index contributed by atoms with van der Waals surface area (Å²) in [7, 11) is -3.44. The summed E-state index contributed by atoms with van der Waals surface area (Å²) in [5.41, 5.74) is 0.159. The molecule has 3 nitrogen and oxygen atoms in total. The van der Waals surface area contributed by atoms with E-state index in [-0.39, 0.29) is 14.5 Å². The maximum atomic E-state index is 11.9. The van der Waals surface area contributed by atoms with Crippen molar-refractivity contribution in [2.45, 2.75) is 36.2 Å². The van der Waals surface area contributed by atoms with E-state index >= 15 is 0 Å². The normalized spacial score (nSPS) is 14.7. The Morgan fingerprint density at radius 1 is 1.44 bits per heavy atom. The molecule has 104 valence electrons. The summed E-state index contributed by atoms with van der Waals surface area (Å²) in [5.74, 6) is 0. The van der Waals surface area contributed by atoms with Crippen molar-refractivity contribution in [2.24, 2.45) is 5.41 Å². The van der Waals surface area contributed by atoms with Gasteiger partial charge in [0, 0.05) is 11.4 Å². The van der Waals surface area contributed by atoms with Gasteiger partial charge in [-0.1, -0.05) is 48.3 Å². The summed E-state index contributed by atoms with van der Waals surface area (Å²) < 4.78 is 27.2. The minimum absolute atomic E-state index is 0.114. The molecule has 1 heterocycles. The molecule has 1 aromatic heterocycles. The van der Waals surface area contributed by atoms with Gasteiger partial charge in [0.1, 0.15) is 4.21 Å². The number of rotatable bonds is 5. The monoisotopic (exact) mass is 373 g/mol. The highest BCUT2D eigenvalue weighted by molar-refractivity contribution is 9.09. The van der Waals surface area contributed by atoms with E-state index in [2.05, 4.69) is 41.4 Å². The molecule has 0 aromatic carbocycles. The van der Waals surface area contributed by atoms with Crippen LogP contribution in [-0.2, 0) is 10.0 Å². The maximum Gasteiger partial charge on any atom is 0.250 e.